The van der Waals surface area contributed by atoms with E-state index in [0.29, 0.717) is 6.42 Å². The van der Waals surface area contributed by atoms with E-state index in [0.717, 1.165) is 13.8 Å². The summed E-state index contributed by atoms with van der Waals surface area (Å²) in [6.45, 7) is 6.42. The molecule has 3 fully saturated rings. The Morgan fingerprint density at radius 1 is 0.885 bits per heavy atom. The van der Waals surface area contributed by atoms with Gasteiger partial charge in [-0.15, -0.1) is 0 Å². The van der Waals surface area contributed by atoms with Gasteiger partial charge in [0.05, 0.1) is 35.6 Å². The van der Waals surface area contributed by atoms with Crippen LogP contribution in [-0.4, -0.2) is 111 Å². The van der Waals surface area contributed by atoms with Gasteiger partial charge in [-0.05, 0) is 49.3 Å². The number of carbonyl (C=O) groups excluding carboxylic acids is 6. The maximum absolute atomic E-state index is 15.3. The van der Waals surface area contributed by atoms with Gasteiger partial charge in [-0.2, -0.15) is 0 Å². The minimum absolute atomic E-state index is 0.0378. The van der Waals surface area contributed by atoms with Crippen molar-refractivity contribution >= 4 is 35.6 Å². The first kappa shape index (κ1) is 43.6. The Labute approximate surface area is 352 Å². The highest BCUT2D eigenvalue weighted by molar-refractivity contribution is 5.96. The van der Waals surface area contributed by atoms with Gasteiger partial charge < -0.3 is 44.3 Å². The molecule has 2 aromatic carbocycles. The van der Waals surface area contributed by atoms with Gasteiger partial charge in [-0.1, -0.05) is 74.5 Å². The first-order valence-electron chi connectivity index (χ1n) is 20.3. The molecule has 0 radical (unpaired) electrons. The summed E-state index contributed by atoms with van der Waals surface area (Å²) in [6, 6.07) is 14.9. The molecule has 7 rings (SSSR count). The fourth-order valence-corrected chi connectivity index (χ4v) is 10.0. The van der Waals surface area contributed by atoms with Gasteiger partial charge in [0.25, 0.3) is 5.91 Å². The molecule has 61 heavy (non-hydrogen) atoms. The van der Waals surface area contributed by atoms with Gasteiger partial charge in [0.15, 0.2) is 23.6 Å². The molecule has 2 bridgehead atoms. The number of ketones is 1. The molecule has 1 aliphatic heterocycles. The van der Waals surface area contributed by atoms with Crippen molar-refractivity contribution in [3.63, 3.8) is 0 Å². The van der Waals surface area contributed by atoms with E-state index >= 15 is 4.79 Å². The smallest absolute Gasteiger partial charge is 0.338 e. The van der Waals surface area contributed by atoms with E-state index < -0.39 is 119 Å². The third-order valence-corrected chi connectivity index (χ3v) is 13.4. The fourth-order valence-electron chi connectivity index (χ4n) is 10.0. The summed E-state index contributed by atoms with van der Waals surface area (Å²) in [4.78, 5) is 82.9. The van der Waals surface area contributed by atoms with Crippen molar-refractivity contribution in [1.82, 2.24) is 5.32 Å². The lowest BCUT2D eigenvalue weighted by atomic mass is 9.45. The zero-order valence-corrected chi connectivity index (χ0v) is 34.5. The van der Waals surface area contributed by atoms with Crippen molar-refractivity contribution < 1.29 is 67.8 Å². The molecule has 324 valence electrons. The van der Waals surface area contributed by atoms with E-state index in [1.807, 2.05) is 6.08 Å². The average molecular weight is 842 g/mol. The van der Waals surface area contributed by atoms with Gasteiger partial charge in [0, 0.05) is 43.6 Å². The van der Waals surface area contributed by atoms with Crippen molar-refractivity contribution in [3.05, 3.63) is 108 Å². The fraction of sp³-hybridized carbons (Fsp3) is 0.478. The molecule has 2 saturated carbocycles. The second kappa shape index (κ2) is 16.4. The van der Waals surface area contributed by atoms with Crippen LogP contribution in [0.15, 0.2) is 96.6 Å². The summed E-state index contributed by atoms with van der Waals surface area (Å²) < 4.78 is 30.0. The van der Waals surface area contributed by atoms with Crippen LogP contribution >= 0.6 is 0 Å². The molecule has 12 atom stereocenters. The number of nitrogens with one attached hydrogen (secondary N) is 1. The molecule has 2 aromatic rings. The van der Waals surface area contributed by atoms with E-state index in [1.54, 1.807) is 80.6 Å². The lowest BCUT2D eigenvalue weighted by Gasteiger charge is -2.67. The number of aliphatic hydroxyl groups is 3. The minimum Gasteiger partial charge on any atom is -0.456 e. The molecular weight excluding hydrogens is 790 g/mol. The van der Waals surface area contributed by atoms with E-state index in [2.05, 4.69) is 5.32 Å². The molecule has 0 spiro atoms. The monoisotopic (exact) mass is 841 g/mol. The molecule has 1 saturated heterocycles. The van der Waals surface area contributed by atoms with Crippen LogP contribution < -0.4 is 5.32 Å². The third kappa shape index (κ3) is 7.51. The lowest BCUT2D eigenvalue weighted by molar-refractivity contribution is -0.345. The normalized spacial score (nSPS) is 34.3. The highest BCUT2D eigenvalue weighted by atomic mass is 16.6. The number of esters is 4. The molecule has 0 aromatic heterocycles. The predicted octanol–water partition coefficient (Wildman–Crippen LogP) is 3.11. The van der Waals surface area contributed by atoms with Gasteiger partial charge in [-0.3, -0.25) is 19.2 Å². The molecule has 3 unspecified atom stereocenters. The number of hydrogen-bond acceptors (Lipinski definition) is 14. The molecule has 1 heterocycles. The van der Waals surface area contributed by atoms with Crippen LogP contribution in [0.25, 0.3) is 0 Å². The van der Waals surface area contributed by atoms with Crippen LogP contribution in [0.3, 0.4) is 0 Å². The Hall–Kier alpha value is -5.48. The first-order chi connectivity index (χ1) is 28.8. The average Bonchev–Trinajstić information content (AvgIpc) is 3.23. The SMILES string of the molecule is CC(=O)O[C@H]1C(=O)[C@@]2(C)C([C@H](OC(=O)c3ccccc3)[C@]3(O)CC(OC(=O)[C@H](O)[C@@H](NC(=O)c4ccccc4)C4C=CC=CC4)C=C1C3(C)C)[C@]1(OC(C)=O)CO[C@@H]1C[C@@H]2O. The van der Waals surface area contributed by atoms with Gasteiger partial charge in [0.1, 0.15) is 23.9 Å². The molecule has 15 nitrogen and oxygen atoms in total. The van der Waals surface area contributed by atoms with E-state index in [-0.39, 0.29) is 29.7 Å². The summed E-state index contributed by atoms with van der Waals surface area (Å²) in [7, 11) is 0. The second-order valence-corrected chi connectivity index (χ2v) is 17.3. The van der Waals surface area contributed by atoms with Crippen LogP contribution in [-0.2, 0) is 42.9 Å². The Balaban J connectivity index is 1.35. The van der Waals surface area contributed by atoms with Crippen molar-refractivity contribution in [2.45, 2.75) is 108 Å². The van der Waals surface area contributed by atoms with Gasteiger partial charge >= 0.3 is 23.9 Å². The number of allylic oxidation sites excluding steroid dienone is 3. The van der Waals surface area contributed by atoms with Crippen LogP contribution in [0.1, 0.15) is 74.6 Å². The maximum atomic E-state index is 15.3. The predicted molar refractivity (Wildman–Crippen MR) is 214 cm³/mol. The first-order valence-corrected chi connectivity index (χ1v) is 20.3. The second-order valence-electron chi connectivity index (χ2n) is 17.3. The van der Waals surface area contributed by atoms with Crippen molar-refractivity contribution in [2.75, 3.05) is 6.61 Å². The van der Waals surface area contributed by atoms with Crippen molar-refractivity contribution in [2.24, 2.45) is 22.7 Å². The Morgan fingerprint density at radius 2 is 1.54 bits per heavy atom. The third-order valence-electron chi connectivity index (χ3n) is 13.4. The molecule has 4 N–H and O–H groups in total. The van der Waals surface area contributed by atoms with E-state index in [9.17, 15) is 39.3 Å². The minimum atomic E-state index is -2.37. The summed E-state index contributed by atoms with van der Waals surface area (Å²) in [5.41, 5.74) is -7.49. The zero-order valence-electron chi connectivity index (χ0n) is 34.5. The van der Waals surface area contributed by atoms with Crippen LogP contribution in [0, 0.1) is 22.7 Å². The molecule has 4 aliphatic carbocycles. The van der Waals surface area contributed by atoms with Crippen molar-refractivity contribution in [1.29, 1.82) is 0 Å². The topological polar surface area (TPSA) is 221 Å². The summed E-state index contributed by atoms with van der Waals surface area (Å²) in [6.07, 6.45) is -1.57. The molecular formula is C46H51NO14. The van der Waals surface area contributed by atoms with Gasteiger partial charge in [-0.25, -0.2) is 9.59 Å². The number of hydrogen-bond donors (Lipinski definition) is 4. The number of aliphatic hydroxyl groups excluding tert-OH is 2. The maximum Gasteiger partial charge on any atom is 0.338 e. The number of carbonyl (C=O) groups is 6. The van der Waals surface area contributed by atoms with Gasteiger partial charge in [0.2, 0.25) is 0 Å². The van der Waals surface area contributed by atoms with Crippen LogP contribution in [0.4, 0.5) is 0 Å². The number of amides is 1. The largest absolute Gasteiger partial charge is 0.456 e. The number of fused-ring (bicyclic) bond motifs is 5. The lowest BCUT2D eigenvalue weighted by Crippen LogP contribution is -2.81. The summed E-state index contributed by atoms with van der Waals surface area (Å²) >= 11 is 0. The van der Waals surface area contributed by atoms with Crippen LogP contribution in [0.2, 0.25) is 0 Å². The summed E-state index contributed by atoms with van der Waals surface area (Å²) in [5.74, 6) is -7.29. The number of Topliss-reactive ketones (excluding diaryl/α,β-unsaturated/α-hetero) is 1. The molecule has 15 heteroatoms. The number of rotatable bonds is 10. The quantitative estimate of drug-likeness (QED) is 0.154. The Morgan fingerprint density at radius 3 is 2.11 bits per heavy atom. The van der Waals surface area contributed by atoms with E-state index in [4.69, 9.17) is 23.7 Å². The molecule has 1 amide bonds. The highest BCUT2D eigenvalue weighted by Gasteiger charge is 2.78. The van der Waals surface area contributed by atoms with Crippen molar-refractivity contribution in [3.8, 4) is 0 Å². The number of benzene rings is 2. The summed E-state index contributed by atoms with van der Waals surface area (Å²) in [5, 5.41) is 40.1. The molecule has 5 aliphatic rings. The highest BCUT2D eigenvalue weighted by Crippen LogP contribution is 2.63. The number of ether oxygens (including phenoxy) is 5. The Kier molecular flexibility index (Phi) is 11.7. The van der Waals surface area contributed by atoms with Crippen LogP contribution in [0.5, 0.6) is 0 Å². The zero-order chi connectivity index (χ0) is 44.1. The van der Waals surface area contributed by atoms with E-state index in [1.165, 1.54) is 25.1 Å². The standard InChI is InChI=1S/C46H51NO14/c1-25(48)58-36-31-21-30(59-42(55)35(51)34(27-15-9-6-10-16-27)47-40(53)28-17-11-7-12-18-28)23-46(56,43(31,3)4)39(60-41(54)29-19-13-8-14-20-29)37-44(5,38(36)52)32(50)22-33-45(37,24-57-33)61-26(2)49/h6-15,17-21,27,30,32-37,39,50-51,56H,16,22-24H2,1-5H3,(H,47,53)/t27?,30?,32-,33+,34-,35+,36+,37?,39-,44+,45-,46+/m0/s1. The Bertz CT molecular complexity index is 2170.